The van der Waals surface area contributed by atoms with Crippen molar-refractivity contribution in [3.63, 3.8) is 0 Å². The van der Waals surface area contributed by atoms with Gasteiger partial charge in [-0.3, -0.25) is 0 Å². The Morgan fingerprint density at radius 3 is 2.50 bits per heavy atom. The third-order valence-corrected chi connectivity index (χ3v) is 2.97. The molecule has 116 valence electrons. The highest BCUT2D eigenvalue weighted by atomic mass is 16.5. The van der Waals surface area contributed by atoms with Gasteiger partial charge in [0.25, 0.3) is 0 Å². The highest BCUT2D eigenvalue weighted by Gasteiger charge is 2.05. The lowest BCUT2D eigenvalue weighted by Gasteiger charge is -2.12. The molecule has 2 rings (SSSR count). The van der Waals surface area contributed by atoms with Crippen molar-refractivity contribution in [1.29, 1.82) is 0 Å². The number of nitrogens with one attached hydrogen (secondary N) is 1. The van der Waals surface area contributed by atoms with Crippen LogP contribution < -0.4 is 14.8 Å². The van der Waals surface area contributed by atoms with Crippen molar-refractivity contribution in [3.05, 3.63) is 54.1 Å². The van der Waals surface area contributed by atoms with Crippen molar-refractivity contribution in [2.45, 2.75) is 13.5 Å². The molecule has 22 heavy (non-hydrogen) atoms. The topological polar surface area (TPSA) is 67.8 Å². The van der Waals surface area contributed by atoms with E-state index in [1.807, 2.05) is 49.4 Å². The molecule has 0 fully saturated rings. The van der Waals surface area contributed by atoms with Gasteiger partial charge in [-0.25, -0.2) is 4.79 Å². The van der Waals surface area contributed by atoms with Crippen molar-refractivity contribution >= 4 is 11.7 Å². The zero-order valence-electron chi connectivity index (χ0n) is 12.4. The van der Waals surface area contributed by atoms with Crippen molar-refractivity contribution in [2.24, 2.45) is 0 Å². The van der Waals surface area contributed by atoms with E-state index < -0.39 is 5.97 Å². The van der Waals surface area contributed by atoms with Crippen LogP contribution >= 0.6 is 0 Å². The molecule has 0 bridgehead atoms. The Morgan fingerprint density at radius 1 is 1.09 bits per heavy atom. The van der Waals surface area contributed by atoms with Crippen LogP contribution in [0.25, 0.3) is 0 Å². The predicted octanol–water partition coefficient (Wildman–Crippen LogP) is 3.16. The Balaban J connectivity index is 1.97. The monoisotopic (exact) mass is 301 g/mol. The lowest BCUT2D eigenvalue weighted by atomic mass is 10.2. The zero-order valence-corrected chi connectivity index (χ0v) is 12.4. The first-order valence-corrected chi connectivity index (χ1v) is 7.08. The number of carboxylic acid groups (broad SMARTS) is 1. The fraction of sp³-hybridized carbons (Fsp3) is 0.235. The molecule has 2 N–H and O–H groups in total. The fourth-order valence-corrected chi connectivity index (χ4v) is 1.96. The van der Waals surface area contributed by atoms with Crippen LogP contribution in [-0.4, -0.2) is 24.3 Å². The molecular formula is C17H19NO4. The molecule has 0 amide bonds. The Bertz CT molecular complexity index is 610. The van der Waals surface area contributed by atoms with Gasteiger partial charge < -0.3 is 19.9 Å². The zero-order chi connectivity index (χ0) is 15.8. The Morgan fingerprint density at radius 2 is 1.82 bits per heavy atom. The summed E-state index contributed by atoms with van der Waals surface area (Å²) in [6, 6.07) is 15.0. The Labute approximate surface area is 129 Å². The van der Waals surface area contributed by atoms with E-state index in [0.29, 0.717) is 18.9 Å². The van der Waals surface area contributed by atoms with Crippen LogP contribution in [0.4, 0.5) is 5.69 Å². The maximum atomic E-state index is 10.6. The van der Waals surface area contributed by atoms with Crippen molar-refractivity contribution < 1.29 is 19.4 Å². The maximum Gasteiger partial charge on any atom is 0.341 e. The molecule has 0 aliphatic heterocycles. The Hall–Kier alpha value is -2.69. The van der Waals surface area contributed by atoms with Crippen LogP contribution in [-0.2, 0) is 11.3 Å². The van der Waals surface area contributed by atoms with Gasteiger partial charge in [0.15, 0.2) is 6.61 Å². The first kappa shape index (κ1) is 15.7. The van der Waals surface area contributed by atoms with Crippen molar-refractivity contribution in [2.75, 3.05) is 18.5 Å². The molecule has 5 nitrogen and oxygen atoms in total. The molecule has 0 radical (unpaired) electrons. The van der Waals surface area contributed by atoms with E-state index in [4.69, 9.17) is 14.6 Å². The molecule has 0 saturated carbocycles. The molecule has 0 spiro atoms. The maximum absolute atomic E-state index is 10.6. The number of rotatable bonds is 8. The summed E-state index contributed by atoms with van der Waals surface area (Å²) in [5, 5.41) is 12.0. The van der Waals surface area contributed by atoms with Crippen LogP contribution in [0.3, 0.4) is 0 Å². The van der Waals surface area contributed by atoms with E-state index in [0.717, 1.165) is 17.0 Å². The van der Waals surface area contributed by atoms with Gasteiger partial charge in [-0.15, -0.1) is 0 Å². The summed E-state index contributed by atoms with van der Waals surface area (Å²) in [4.78, 5) is 10.6. The van der Waals surface area contributed by atoms with Crippen LogP contribution in [0.1, 0.15) is 12.5 Å². The van der Waals surface area contributed by atoms with Crippen molar-refractivity contribution in [3.8, 4) is 11.5 Å². The second-order valence-corrected chi connectivity index (χ2v) is 4.60. The smallest absolute Gasteiger partial charge is 0.341 e. The first-order valence-electron chi connectivity index (χ1n) is 7.08. The van der Waals surface area contributed by atoms with Gasteiger partial charge in [0.2, 0.25) is 0 Å². The minimum Gasteiger partial charge on any atom is -0.494 e. The molecule has 2 aromatic carbocycles. The molecule has 0 atom stereocenters. The molecule has 5 heteroatoms. The van der Waals surface area contributed by atoms with E-state index in [1.54, 1.807) is 6.07 Å². The van der Waals surface area contributed by atoms with Crippen LogP contribution in [0.5, 0.6) is 11.5 Å². The normalized spacial score (nSPS) is 10.0. The number of benzene rings is 2. The number of hydrogen-bond acceptors (Lipinski definition) is 4. The Kier molecular flexibility index (Phi) is 5.65. The van der Waals surface area contributed by atoms with Gasteiger partial charge in [0.1, 0.15) is 11.5 Å². The van der Waals surface area contributed by atoms with Gasteiger partial charge in [-0.05, 0) is 37.3 Å². The fourth-order valence-electron chi connectivity index (χ4n) is 1.96. The van der Waals surface area contributed by atoms with Crippen LogP contribution in [0, 0.1) is 0 Å². The molecule has 0 aliphatic carbocycles. The van der Waals surface area contributed by atoms with Gasteiger partial charge >= 0.3 is 5.97 Å². The molecule has 0 aliphatic rings. The first-order chi connectivity index (χ1) is 10.7. The largest absolute Gasteiger partial charge is 0.494 e. The number of hydrogen-bond donors (Lipinski definition) is 2. The number of carbonyl (C=O) groups is 1. The highest BCUT2D eigenvalue weighted by Crippen LogP contribution is 2.21. The van der Waals surface area contributed by atoms with Crippen LogP contribution in [0.2, 0.25) is 0 Å². The second kappa shape index (κ2) is 7.93. The standard InChI is InChI=1S/C17H19NO4/c1-2-21-15-9-7-14(8-10-15)18-11-13-5-3-4-6-16(13)22-12-17(19)20/h3-10,18H,2,11-12H2,1H3,(H,19,20). The van der Waals surface area contributed by atoms with Gasteiger partial charge in [0.05, 0.1) is 6.61 Å². The summed E-state index contributed by atoms with van der Waals surface area (Å²) in [7, 11) is 0. The molecule has 2 aromatic rings. The van der Waals surface area contributed by atoms with E-state index in [9.17, 15) is 4.79 Å². The average molecular weight is 301 g/mol. The molecular weight excluding hydrogens is 282 g/mol. The van der Waals surface area contributed by atoms with Crippen LogP contribution in [0.15, 0.2) is 48.5 Å². The molecule has 0 saturated heterocycles. The number of para-hydroxylation sites is 1. The van der Waals surface area contributed by atoms with Gasteiger partial charge in [-0.1, -0.05) is 18.2 Å². The minimum absolute atomic E-state index is 0.347. The van der Waals surface area contributed by atoms with E-state index in [-0.39, 0.29) is 6.61 Å². The summed E-state index contributed by atoms with van der Waals surface area (Å²) in [6.45, 7) is 2.78. The average Bonchev–Trinajstić information content (AvgIpc) is 2.53. The predicted molar refractivity (Wildman–Crippen MR) is 84.5 cm³/mol. The highest BCUT2D eigenvalue weighted by molar-refractivity contribution is 5.68. The number of aliphatic carboxylic acids is 1. The minimum atomic E-state index is -0.991. The summed E-state index contributed by atoms with van der Waals surface area (Å²) in [6.07, 6.45) is 0. The number of carboxylic acids is 1. The second-order valence-electron chi connectivity index (χ2n) is 4.60. The van der Waals surface area contributed by atoms with Gasteiger partial charge in [0, 0.05) is 17.8 Å². The molecule has 0 heterocycles. The molecule has 0 unspecified atom stereocenters. The summed E-state index contributed by atoms with van der Waals surface area (Å²) >= 11 is 0. The lowest BCUT2D eigenvalue weighted by molar-refractivity contribution is -0.139. The van der Waals surface area contributed by atoms with E-state index in [1.165, 1.54) is 0 Å². The summed E-state index contributed by atoms with van der Waals surface area (Å²) in [5.74, 6) is 0.413. The quantitative estimate of drug-likeness (QED) is 0.784. The SMILES string of the molecule is CCOc1ccc(NCc2ccccc2OCC(=O)O)cc1. The molecule has 0 aromatic heterocycles. The lowest BCUT2D eigenvalue weighted by Crippen LogP contribution is -2.11. The van der Waals surface area contributed by atoms with Crippen molar-refractivity contribution in [1.82, 2.24) is 0 Å². The third-order valence-electron chi connectivity index (χ3n) is 2.97. The van der Waals surface area contributed by atoms with Gasteiger partial charge in [-0.2, -0.15) is 0 Å². The number of anilines is 1. The number of ether oxygens (including phenoxy) is 2. The van der Waals surface area contributed by atoms with E-state index >= 15 is 0 Å². The summed E-state index contributed by atoms with van der Waals surface area (Å²) < 4.78 is 10.7. The van der Waals surface area contributed by atoms with E-state index in [2.05, 4.69) is 5.32 Å². The summed E-state index contributed by atoms with van der Waals surface area (Å²) in [5.41, 5.74) is 1.86. The third kappa shape index (κ3) is 4.70.